The van der Waals surface area contributed by atoms with Gasteiger partial charge in [0.1, 0.15) is 17.9 Å². The van der Waals surface area contributed by atoms with Gasteiger partial charge in [0.15, 0.2) is 0 Å². The van der Waals surface area contributed by atoms with Crippen molar-refractivity contribution in [1.29, 1.82) is 0 Å². The van der Waals surface area contributed by atoms with Gasteiger partial charge >= 0.3 is 0 Å². The van der Waals surface area contributed by atoms with Crippen LogP contribution in [0.2, 0.25) is 0 Å². The van der Waals surface area contributed by atoms with Crippen molar-refractivity contribution in [3.63, 3.8) is 0 Å². The van der Waals surface area contributed by atoms with Gasteiger partial charge in [-0.05, 0) is 38.5 Å². The second-order valence-electron chi connectivity index (χ2n) is 6.89. The summed E-state index contributed by atoms with van der Waals surface area (Å²) < 4.78 is 7.44. The van der Waals surface area contributed by atoms with Gasteiger partial charge in [0, 0.05) is 24.2 Å². The highest BCUT2D eigenvalue weighted by Gasteiger charge is 2.34. The zero-order valence-corrected chi connectivity index (χ0v) is 14.2. The normalized spacial score (nSPS) is 18.4. The van der Waals surface area contributed by atoms with Gasteiger partial charge in [0.05, 0.1) is 6.04 Å². The summed E-state index contributed by atoms with van der Waals surface area (Å²) in [7, 11) is 0. The topological polar surface area (TPSA) is 60.3 Å². The molecule has 2 aromatic rings. The van der Waals surface area contributed by atoms with Gasteiger partial charge in [-0.3, -0.25) is 9.59 Å². The maximum atomic E-state index is 12.4. The Morgan fingerprint density at radius 3 is 2.88 bits per heavy atom. The Hall–Kier alpha value is -2.56. The molecule has 2 heterocycles. The zero-order valence-electron chi connectivity index (χ0n) is 14.2. The second kappa shape index (κ2) is 6.15. The fourth-order valence-electron chi connectivity index (χ4n) is 3.07. The van der Waals surface area contributed by atoms with E-state index in [4.69, 9.17) is 4.74 Å². The molecule has 1 N–H and O–H groups in total. The molecule has 0 aliphatic carbocycles. The summed E-state index contributed by atoms with van der Waals surface area (Å²) in [5, 5.41) is 3.05. The van der Waals surface area contributed by atoms with Gasteiger partial charge < -0.3 is 14.6 Å². The van der Waals surface area contributed by atoms with Gasteiger partial charge in [-0.15, -0.1) is 0 Å². The standard InChI is InChI=1S/C19H22N2O3/c1-13-7-8-14-15(11-19(2,3)24-16(14)10-13)20-17(22)12-21-9-5-4-6-18(21)23/h4-10,15H,11-12H2,1-3H3,(H,20,22). The van der Waals surface area contributed by atoms with Crippen molar-refractivity contribution >= 4 is 5.91 Å². The summed E-state index contributed by atoms with van der Waals surface area (Å²) in [4.78, 5) is 24.2. The number of carbonyl (C=O) groups is 1. The molecule has 1 aliphatic rings. The van der Waals surface area contributed by atoms with E-state index in [-0.39, 0.29) is 29.7 Å². The number of nitrogens with zero attached hydrogens (tertiary/aromatic N) is 1. The summed E-state index contributed by atoms with van der Waals surface area (Å²) in [5.41, 5.74) is 1.56. The lowest BCUT2D eigenvalue weighted by atomic mass is 9.89. The van der Waals surface area contributed by atoms with E-state index in [2.05, 4.69) is 5.32 Å². The SMILES string of the molecule is Cc1ccc2c(c1)OC(C)(C)CC2NC(=O)Cn1ccccc1=O. The van der Waals surface area contributed by atoms with Crippen LogP contribution in [-0.2, 0) is 11.3 Å². The van der Waals surface area contributed by atoms with Gasteiger partial charge in [0.25, 0.3) is 5.56 Å². The lowest BCUT2D eigenvalue weighted by molar-refractivity contribution is -0.123. The Bertz CT molecular complexity index is 823. The van der Waals surface area contributed by atoms with Crippen molar-refractivity contribution in [3.8, 4) is 5.75 Å². The van der Waals surface area contributed by atoms with E-state index in [0.29, 0.717) is 6.42 Å². The summed E-state index contributed by atoms with van der Waals surface area (Å²) in [6, 6.07) is 10.7. The van der Waals surface area contributed by atoms with E-state index in [1.807, 2.05) is 39.0 Å². The van der Waals surface area contributed by atoms with Gasteiger partial charge in [-0.1, -0.05) is 18.2 Å². The van der Waals surface area contributed by atoms with E-state index in [9.17, 15) is 9.59 Å². The van der Waals surface area contributed by atoms with E-state index in [1.54, 1.807) is 18.3 Å². The zero-order chi connectivity index (χ0) is 17.3. The molecule has 0 saturated carbocycles. The van der Waals surface area contributed by atoms with Crippen molar-refractivity contribution in [1.82, 2.24) is 9.88 Å². The Morgan fingerprint density at radius 2 is 2.12 bits per heavy atom. The highest BCUT2D eigenvalue weighted by atomic mass is 16.5. The molecule has 0 bridgehead atoms. The van der Waals surface area contributed by atoms with Crippen molar-refractivity contribution in [2.45, 2.75) is 45.4 Å². The van der Waals surface area contributed by atoms with Crippen molar-refractivity contribution in [2.24, 2.45) is 0 Å². The number of carbonyl (C=O) groups excluding carboxylic acids is 1. The lowest BCUT2D eigenvalue weighted by Gasteiger charge is -2.38. The third kappa shape index (κ3) is 3.50. The molecule has 126 valence electrons. The van der Waals surface area contributed by atoms with Crippen LogP contribution >= 0.6 is 0 Å². The largest absolute Gasteiger partial charge is 0.487 e. The van der Waals surface area contributed by atoms with E-state index in [0.717, 1.165) is 16.9 Å². The van der Waals surface area contributed by atoms with E-state index < -0.39 is 0 Å². The number of fused-ring (bicyclic) bond motifs is 1. The average Bonchev–Trinajstić information content (AvgIpc) is 2.48. The first-order chi connectivity index (χ1) is 11.3. The molecule has 1 aromatic heterocycles. The summed E-state index contributed by atoms with van der Waals surface area (Å²) in [5.74, 6) is 0.631. The van der Waals surface area contributed by atoms with Crippen LogP contribution in [0.25, 0.3) is 0 Å². The number of benzene rings is 1. The summed E-state index contributed by atoms with van der Waals surface area (Å²) >= 11 is 0. The molecule has 0 fully saturated rings. The number of hydrogen-bond donors (Lipinski definition) is 1. The minimum atomic E-state index is -0.359. The molecule has 1 amide bonds. The Morgan fingerprint density at radius 1 is 1.33 bits per heavy atom. The van der Waals surface area contributed by atoms with Crippen molar-refractivity contribution in [2.75, 3.05) is 0 Å². The number of aryl methyl sites for hydroxylation is 1. The van der Waals surface area contributed by atoms with Crippen LogP contribution < -0.4 is 15.6 Å². The second-order valence-corrected chi connectivity index (χ2v) is 6.89. The van der Waals surface area contributed by atoms with Gasteiger partial charge in [0.2, 0.25) is 5.91 Å². The van der Waals surface area contributed by atoms with Crippen LogP contribution in [-0.4, -0.2) is 16.1 Å². The first-order valence-electron chi connectivity index (χ1n) is 8.08. The monoisotopic (exact) mass is 326 g/mol. The van der Waals surface area contributed by atoms with Crippen molar-refractivity contribution < 1.29 is 9.53 Å². The predicted octanol–water partition coefficient (Wildman–Crippen LogP) is 2.58. The molecule has 24 heavy (non-hydrogen) atoms. The third-order valence-electron chi connectivity index (χ3n) is 4.17. The number of aromatic nitrogens is 1. The smallest absolute Gasteiger partial charge is 0.250 e. The molecule has 5 nitrogen and oxygen atoms in total. The number of rotatable bonds is 3. The first-order valence-corrected chi connectivity index (χ1v) is 8.08. The molecule has 0 spiro atoms. The summed E-state index contributed by atoms with van der Waals surface area (Å²) in [6.07, 6.45) is 2.30. The number of hydrogen-bond acceptors (Lipinski definition) is 3. The molecule has 5 heteroatoms. The Labute approximate surface area is 141 Å². The number of ether oxygens (including phenoxy) is 1. The third-order valence-corrected chi connectivity index (χ3v) is 4.17. The molecule has 1 aliphatic heterocycles. The van der Waals surface area contributed by atoms with Crippen LogP contribution in [0, 0.1) is 6.92 Å². The predicted molar refractivity (Wildman–Crippen MR) is 92.1 cm³/mol. The molecular weight excluding hydrogens is 304 g/mol. The fraction of sp³-hybridized carbons (Fsp3) is 0.368. The maximum absolute atomic E-state index is 12.4. The van der Waals surface area contributed by atoms with Gasteiger partial charge in [-0.25, -0.2) is 0 Å². The maximum Gasteiger partial charge on any atom is 0.250 e. The van der Waals surface area contributed by atoms with Crippen LogP contribution in [0.5, 0.6) is 5.75 Å². The number of pyridine rings is 1. The number of nitrogens with one attached hydrogen (secondary N) is 1. The minimum Gasteiger partial charge on any atom is -0.487 e. The highest BCUT2D eigenvalue weighted by Crippen LogP contribution is 2.39. The van der Waals surface area contributed by atoms with Gasteiger partial charge in [-0.2, -0.15) is 0 Å². The fourth-order valence-corrected chi connectivity index (χ4v) is 3.07. The molecule has 1 aromatic carbocycles. The molecule has 0 saturated heterocycles. The first kappa shape index (κ1) is 16.3. The quantitative estimate of drug-likeness (QED) is 0.943. The number of amides is 1. The molecule has 1 unspecified atom stereocenters. The molecule has 3 rings (SSSR count). The summed E-state index contributed by atoms with van der Waals surface area (Å²) in [6.45, 7) is 6.05. The lowest BCUT2D eigenvalue weighted by Crippen LogP contribution is -2.42. The molecular formula is C19H22N2O3. The molecule has 1 atom stereocenters. The highest BCUT2D eigenvalue weighted by molar-refractivity contribution is 5.76. The van der Waals surface area contributed by atoms with Crippen LogP contribution in [0.15, 0.2) is 47.4 Å². The Balaban J connectivity index is 1.81. The van der Waals surface area contributed by atoms with Crippen molar-refractivity contribution in [3.05, 3.63) is 64.1 Å². The Kier molecular flexibility index (Phi) is 4.18. The van der Waals surface area contributed by atoms with E-state index >= 15 is 0 Å². The molecule has 0 radical (unpaired) electrons. The van der Waals surface area contributed by atoms with E-state index in [1.165, 1.54) is 10.6 Å². The van der Waals surface area contributed by atoms with Crippen LogP contribution in [0.3, 0.4) is 0 Å². The minimum absolute atomic E-state index is 0.0126. The van der Waals surface area contributed by atoms with Crippen LogP contribution in [0.1, 0.15) is 37.4 Å². The van der Waals surface area contributed by atoms with Crippen LogP contribution in [0.4, 0.5) is 0 Å². The average molecular weight is 326 g/mol.